The Kier molecular flexibility index (Phi) is 2.98. The number of fused-ring (bicyclic) bond motifs is 1. The monoisotopic (exact) mass is 294 g/mol. The van der Waals surface area contributed by atoms with Gasteiger partial charge in [-0.3, -0.25) is 0 Å². The van der Waals surface area contributed by atoms with E-state index in [1.807, 2.05) is 0 Å². The Morgan fingerprint density at radius 1 is 1.26 bits per heavy atom. The summed E-state index contributed by atoms with van der Waals surface area (Å²) in [4.78, 5) is -0.325. The third kappa shape index (κ3) is 2.36. The number of alkyl halides is 3. The smallest absolute Gasteiger partial charge is 0.389 e. The van der Waals surface area contributed by atoms with Gasteiger partial charge in [-0.05, 0) is 38.0 Å². The summed E-state index contributed by atoms with van der Waals surface area (Å²) in [5.74, 6) is 0. The van der Waals surface area contributed by atoms with Crippen LogP contribution in [0.15, 0.2) is 23.1 Å². The second kappa shape index (κ2) is 3.96. The standard InChI is InChI=1S/C12H13F3O3S/c1-11(2,16)10-5-7-3-4-8(12(13,14)15)6-9(7)19(10,17)18/h3-4,6,10,16H,5H2,1-2H3. The summed E-state index contributed by atoms with van der Waals surface area (Å²) >= 11 is 0. The van der Waals surface area contributed by atoms with Gasteiger partial charge < -0.3 is 5.11 Å². The Morgan fingerprint density at radius 2 is 1.84 bits per heavy atom. The Labute approximate surface area is 109 Å². The predicted octanol–water partition coefficient (Wildman–Crippen LogP) is 2.17. The van der Waals surface area contributed by atoms with E-state index in [0.717, 1.165) is 6.07 Å². The van der Waals surface area contributed by atoms with Crippen molar-refractivity contribution < 1.29 is 26.7 Å². The highest BCUT2D eigenvalue weighted by Crippen LogP contribution is 2.39. The van der Waals surface area contributed by atoms with Crippen LogP contribution in [-0.2, 0) is 22.4 Å². The fraction of sp³-hybridized carbons (Fsp3) is 0.500. The van der Waals surface area contributed by atoms with E-state index in [9.17, 15) is 26.7 Å². The minimum Gasteiger partial charge on any atom is -0.389 e. The minimum absolute atomic E-state index is 0.0271. The fourth-order valence-electron chi connectivity index (χ4n) is 2.26. The van der Waals surface area contributed by atoms with Gasteiger partial charge in [-0.25, -0.2) is 8.42 Å². The lowest BCUT2D eigenvalue weighted by Gasteiger charge is -2.24. The average molecular weight is 294 g/mol. The van der Waals surface area contributed by atoms with Crippen LogP contribution >= 0.6 is 0 Å². The van der Waals surface area contributed by atoms with Crippen LogP contribution in [0.3, 0.4) is 0 Å². The van der Waals surface area contributed by atoms with Crippen LogP contribution in [0.5, 0.6) is 0 Å². The molecule has 1 aliphatic rings. The summed E-state index contributed by atoms with van der Waals surface area (Å²) in [7, 11) is -3.94. The van der Waals surface area contributed by atoms with Crippen LogP contribution in [0.2, 0.25) is 0 Å². The summed E-state index contributed by atoms with van der Waals surface area (Å²) in [5, 5.41) is 8.74. The molecule has 0 bridgehead atoms. The molecule has 1 aromatic rings. The zero-order chi connectivity index (χ0) is 14.6. The molecule has 0 aromatic heterocycles. The van der Waals surface area contributed by atoms with Crippen LogP contribution in [0.25, 0.3) is 0 Å². The van der Waals surface area contributed by atoms with Crippen molar-refractivity contribution in [2.45, 2.75) is 42.2 Å². The van der Waals surface area contributed by atoms with Gasteiger partial charge in [0, 0.05) is 0 Å². The molecule has 2 rings (SSSR count). The highest BCUT2D eigenvalue weighted by molar-refractivity contribution is 7.92. The largest absolute Gasteiger partial charge is 0.416 e. The van der Waals surface area contributed by atoms with Crippen molar-refractivity contribution in [1.82, 2.24) is 0 Å². The molecule has 0 saturated heterocycles. The normalized spacial score (nSPS) is 22.3. The van der Waals surface area contributed by atoms with Crippen molar-refractivity contribution in [3.8, 4) is 0 Å². The minimum atomic E-state index is -4.59. The number of rotatable bonds is 1. The molecule has 0 radical (unpaired) electrons. The van der Waals surface area contributed by atoms with Gasteiger partial charge in [-0.2, -0.15) is 13.2 Å². The molecule has 7 heteroatoms. The van der Waals surface area contributed by atoms with E-state index in [-0.39, 0.29) is 11.3 Å². The summed E-state index contributed by atoms with van der Waals surface area (Å²) in [6, 6.07) is 2.68. The maximum Gasteiger partial charge on any atom is 0.416 e. The lowest BCUT2D eigenvalue weighted by atomic mass is 9.98. The Hall–Kier alpha value is -1.08. The second-order valence-corrected chi connectivity index (χ2v) is 7.31. The SMILES string of the molecule is CC(C)(O)C1Cc2ccc(C(F)(F)F)cc2S1(=O)=O. The number of hydrogen-bond acceptors (Lipinski definition) is 3. The summed E-state index contributed by atoms with van der Waals surface area (Å²) in [6.45, 7) is 2.68. The van der Waals surface area contributed by atoms with Gasteiger partial charge in [0.25, 0.3) is 0 Å². The van der Waals surface area contributed by atoms with Crippen LogP contribution in [0, 0.1) is 0 Å². The molecule has 0 amide bonds. The Morgan fingerprint density at radius 3 is 2.32 bits per heavy atom. The van der Waals surface area contributed by atoms with Crippen LogP contribution < -0.4 is 0 Å². The summed E-state index contributed by atoms with van der Waals surface area (Å²) in [5.41, 5.74) is -2.18. The van der Waals surface area contributed by atoms with E-state index in [2.05, 4.69) is 0 Å². The molecule has 0 fully saturated rings. The molecule has 0 aliphatic carbocycles. The average Bonchev–Trinajstić information content (AvgIpc) is 2.48. The van der Waals surface area contributed by atoms with Crippen LogP contribution in [0.4, 0.5) is 13.2 Å². The Balaban J connectivity index is 2.58. The molecule has 1 N–H and O–H groups in total. The number of hydrogen-bond donors (Lipinski definition) is 1. The van der Waals surface area contributed by atoms with Gasteiger partial charge in [-0.15, -0.1) is 0 Å². The lowest BCUT2D eigenvalue weighted by Crippen LogP contribution is -2.40. The maximum atomic E-state index is 12.6. The van der Waals surface area contributed by atoms with Crippen molar-refractivity contribution in [3.05, 3.63) is 29.3 Å². The number of aliphatic hydroxyl groups is 1. The molecule has 1 heterocycles. The number of sulfone groups is 1. The molecule has 3 nitrogen and oxygen atoms in total. The zero-order valence-corrected chi connectivity index (χ0v) is 11.1. The molecule has 0 spiro atoms. The van der Waals surface area contributed by atoms with Crippen molar-refractivity contribution in [3.63, 3.8) is 0 Å². The Bertz CT molecular complexity index is 612. The molecule has 1 aliphatic heterocycles. The van der Waals surface area contributed by atoms with E-state index in [0.29, 0.717) is 11.6 Å². The first kappa shape index (κ1) is 14.3. The van der Waals surface area contributed by atoms with Crippen molar-refractivity contribution >= 4 is 9.84 Å². The number of halogens is 3. The summed E-state index contributed by atoms with van der Waals surface area (Å²) in [6.07, 6.45) is -4.56. The van der Waals surface area contributed by atoms with Gasteiger partial charge in [-0.1, -0.05) is 6.07 Å². The van der Waals surface area contributed by atoms with E-state index in [4.69, 9.17) is 0 Å². The lowest BCUT2D eigenvalue weighted by molar-refractivity contribution is -0.137. The van der Waals surface area contributed by atoms with E-state index < -0.39 is 32.4 Å². The van der Waals surface area contributed by atoms with Gasteiger partial charge in [0.05, 0.1) is 21.3 Å². The second-order valence-electron chi connectivity index (χ2n) is 5.21. The first-order valence-corrected chi connectivity index (χ1v) is 7.15. The third-order valence-electron chi connectivity index (χ3n) is 3.27. The van der Waals surface area contributed by atoms with E-state index in [1.54, 1.807) is 0 Å². The molecule has 1 atom stereocenters. The molecule has 1 unspecified atom stereocenters. The topological polar surface area (TPSA) is 54.4 Å². The fourth-order valence-corrected chi connectivity index (χ4v) is 4.53. The zero-order valence-electron chi connectivity index (χ0n) is 10.3. The van der Waals surface area contributed by atoms with E-state index in [1.165, 1.54) is 19.9 Å². The first-order valence-electron chi connectivity index (χ1n) is 5.60. The van der Waals surface area contributed by atoms with Crippen LogP contribution in [0.1, 0.15) is 25.0 Å². The van der Waals surface area contributed by atoms with Crippen molar-refractivity contribution in [1.29, 1.82) is 0 Å². The van der Waals surface area contributed by atoms with Gasteiger partial charge in [0.2, 0.25) is 0 Å². The van der Waals surface area contributed by atoms with Gasteiger partial charge >= 0.3 is 6.18 Å². The quantitative estimate of drug-likeness (QED) is 0.863. The summed E-state index contributed by atoms with van der Waals surface area (Å²) < 4.78 is 62.2. The first-order chi connectivity index (χ1) is 8.44. The highest BCUT2D eigenvalue weighted by Gasteiger charge is 2.46. The molecular formula is C12H13F3O3S. The van der Waals surface area contributed by atoms with Crippen LogP contribution in [-0.4, -0.2) is 24.4 Å². The molecule has 0 saturated carbocycles. The van der Waals surface area contributed by atoms with Gasteiger partial charge in [0.15, 0.2) is 9.84 Å². The predicted molar refractivity (Wildman–Crippen MR) is 62.4 cm³/mol. The molecule has 106 valence electrons. The maximum absolute atomic E-state index is 12.6. The molecule has 1 aromatic carbocycles. The van der Waals surface area contributed by atoms with E-state index >= 15 is 0 Å². The third-order valence-corrected chi connectivity index (χ3v) is 5.75. The molecular weight excluding hydrogens is 281 g/mol. The molecule has 19 heavy (non-hydrogen) atoms. The van der Waals surface area contributed by atoms with Crippen molar-refractivity contribution in [2.24, 2.45) is 0 Å². The van der Waals surface area contributed by atoms with Crippen molar-refractivity contribution in [2.75, 3.05) is 0 Å². The highest BCUT2D eigenvalue weighted by atomic mass is 32.2. The van der Waals surface area contributed by atoms with Gasteiger partial charge in [0.1, 0.15) is 0 Å². The number of benzene rings is 1.